The Balaban J connectivity index is -0.0000000740. The second-order valence-corrected chi connectivity index (χ2v) is 4.90. The minimum absolute atomic E-state index is 0. The molecule has 0 radical (unpaired) electrons. The Bertz CT molecular complexity index is 245. The number of hydrogen-bond donors (Lipinski definition) is 0. The van der Waals surface area contributed by atoms with Crippen molar-refractivity contribution in [3.05, 3.63) is 0 Å². The summed E-state index contributed by atoms with van der Waals surface area (Å²) in [4.78, 5) is 8.00. The monoisotopic (exact) mass is 236 g/mol. The fraction of sp³-hybridized carbons (Fsp3) is 0. The van der Waals surface area contributed by atoms with Crippen molar-refractivity contribution in [1.82, 2.24) is 0 Å². The molecule has 12 heavy (non-hydrogen) atoms. The van der Waals surface area contributed by atoms with Crippen molar-refractivity contribution < 1.29 is 89.9 Å². The van der Waals surface area contributed by atoms with Gasteiger partial charge in [-0.05, 0) is 0 Å². The van der Waals surface area contributed by atoms with Crippen LogP contribution in [0.4, 0.5) is 0 Å². The molecule has 62 valence electrons. The molecule has 0 atom stereocenters. The van der Waals surface area contributed by atoms with Crippen molar-refractivity contribution in [2.24, 2.45) is 0 Å². The molecule has 11 heteroatoms. The van der Waals surface area contributed by atoms with Crippen LogP contribution >= 0.6 is 0 Å². The van der Waals surface area contributed by atoms with Crippen molar-refractivity contribution in [3.63, 3.8) is 0 Å². The minimum atomic E-state index is -5.67. The first-order valence-corrected chi connectivity index (χ1v) is 4.79. The first kappa shape index (κ1) is 23.4. The summed E-state index contributed by atoms with van der Waals surface area (Å²) in [5.74, 6) is 0. The molecule has 0 spiro atoms. The third-order valence-corrected chi connectivity index (χ3v) is 2.25. The first-order chi connectivity index (χ1) is 4.25. The van der Waals surface area contributed by atoms with Gasteiger partial charge in [0.15, 0.2) is 18.3 Å². The molecule has 0 aromatic heterocycles. The van der Waals surface area contributed by atoms with E-state index in [0.29, 0.717) is 0 Å². The summed E-state index contributed by atoms with van der Waals surface area (Å²) in [7, 11) is -11.3. The van der Waals surface area contributed by atoms with E-state index in [0.717, 1.165) is 0 Å². The van der Waals surface area contributed by atoms with Gasteiger partial charge in [0.25, 0.3) is 0 Å². The SMILES string of the molecule is C=O.O=S(=O)([O-])S(=O)(=O)[O-].[Na+].[Na+]. The van der Waals surface area contributed by atoms with Gasteiger partial charge >= 0.3 is 59.1 Å². The second-order valence-electron chi connectivity index (χ2n) is 0.816. The van der Waals surface area contributed by atoms with Gasteiger partial charge in [0, 0.05) is 0 Å². The van der Waals surface area contributed by atoms with Crippen LogP contribution in [0.25, 0.3) is 0 Å². The fourth-order valence-electron chi connectivity index (χ4n) is 0. The van der Waals surface area contributed by atoms with Crippen LogP contribution in [-0.2, 0) is 23.1 Å². The van der Waals surface area contributed by atoms with Gasteiger partial charge in [-0.2, -0.15) is 0 Å². The first-order valence-electron chi connectivity index (χ1n) is 1.46. The predicted octanol–water partition coefficient (Wildman–Crippen LogP) is -8.19. The smallest absolute Gasteiger partial charge is 0.736 e. The van der Waals surface area contributed by atoms with Crippen LogP contribution < -0.4 is 59.1 Å². The molecule has 0 bridgehead atoms. The molecule has 0 aliphatic heterocycles. The van der Waals surface area contributed by atoms with Crippen molar-refractivity contribution in [1.29, 1.82) is 0 Å². The third kappa shape index (κ3) is 11.5. The molecule has 0 aliphatic rings. The third-order valence-electron chi connectivity index (χ3n) is 0.250. The molecular formula is CH2Na2O7S2. The number of carbonyl (C=O) groups excluding carboxylic acids is 1. The summed E-state index contributed by atoms with van der Waals surface area (Å²) in [5.41, 5.74) is 0. The van der Waals surface area contributed by atoms with Gasteiger partial charge in [-0.3, -0.25) is 0 Å². The Labute approximate surface area is 113 Å². The van der Waals surface area contributed by atoms with Gasteiger partial charge in [-0.1, -0.05) is 0 Å². The fourth-order valence-corrected chi connectivity index (χ4v) is 0. The van der Waals surface area contributed by atoms with Crippen molar-refractivity contribution in [3.8, 4) is 0 Å². The zero-order valence-electron chi connectivity index (χ0n) is 6.38. The van der Waals surface area contributed by atoms with Gasteiger partial charge in [0.05, 0.1) is 0 Å². The molecule has 0 aromatic rings. The van der Waals surface area contributed by atoms with Crippen LogP contribution in [0.1, 0.15) is 0 Å². The van der Waals surface area contributed by atoms with Crippen molar-refractivity contribution in [2.75, 3.05) is 0 Å². The van der Waals surface area contributed by atoms with Crippen LogP contribution in [0, 0.1) is 0 Å². The minimum Gasteiger partial charge on any atom is -0.736 e. The summed E-state index contributed by atoms with van der Waals surface area (Å²) < 4.78 is 55.2. The maximum absolute atomic E-state index is 9.20. The van der Waals surface area contributed by atoms with Crippen LogP contribution in [0.15, 0.2) is 0 Å². The molecule has 0 fully saturated rings. The summed E-state index contributed by atoms with van der Waals surface area (Å²) in [6.45, 7) is 2.00. The summed E-state index contributed by atoms with van der Waals surface area (Å²) in [6, 6.07) is 0. The molecule has 0 unspecified atom stereocenters. The molecule has 0 aromatic carbocycles. The number of carbonyl (C=O) groups is 1. The van der Waals surface area contributed by atoms with Gasteiger partial charge in [-0.15, -0.1) is 0 Å². The Morgan fingerprint density at radius 2 is 0.833 bits per heavy atom. The quantitative estimate of drug-likeness (QED) is 0.251. The van der Waals surface area contributed by atoms with Gasteiger partial charge in [0.2, 0.25) is 0 Å². The predicted molar refractivity (Wildman–Crippen MR) is 26.5 cm³/mol. The molecule has 7 nitrogen and oxygen atoms in total. The average Bonchev–Trinajstić information content (AvgIpc) is 1.66. The average molecular weight is 236 g/mol. The Morgan fingerprint density at radius 3 is 0.833 bits per heavy atom. The van der Waals surface area contributed by atoms with E-state index in [9.17, 15) is 25.9 Å². The number of rotatable bonds is 1. The maximum Gasteiger partial charge on any atom is 1.00 e. The summed E-state index contributed by atoms with van der Waals surface area (Å²) in [5, 5.41) is 0. The largest absolute Gasteiger partial charge is 1.00 e. The van der Waals surface area contributed by atoms with E-state index in [1.165, 1.54) is 0 Å². The van der Waals surface area contributed by atoms with E-state index in [1.54, 1.807) is 0 Å². The second kappa shape index (κ2) is 9.06. The normalized spacial score (nSPS) is 9.50. The van der Waals surface area contributed by atoms with Crippen LogP contribution in [0.5, 0.6) is 0 Å². The molecule has 0 aliphatic carbocycles. The Morgan fingerprint density at radius 1 is 0.750 bits per heavy atom. The Kier molecular flexibility index (Phi) is 17.6. The van der Waals surface area contributed by atoms with Gasteiger partial charge in [-0.25, -0.2) is 16.8 Å². The Hall–Kier alpha value is 1.49. The standard InChI is InChI=1S/CH2O.2Na.H2O6S2/c1-2;;;1-7(2,3)8(4,5)6/h1H2;;;(H,1,2,3)(H,4,5,6)/q;2*+1;/p-2. The maximum atomic E-state index is 9.20. The van der Waals surface area contributed by atoms with Crippen LogP contribution in [0.3, 0.4) is 0 Å². The zero-order valence-corrected chi connectivity index (χ0v) is 12.0. The summed E-state index contributed by atoms with van der Waals surface area (Å²) >= 11 is 0. The molecule has 0 N–H and O–H groups in total. The van der Waals surface area contributed by atoms with E-state index in [2.05, 4.69) is 0 Å². The van der Waals surface area contributed by atoms with E-state index in [4.69, 9.17) is 4.79 Å². The summed E-state index contributed by atoms with van der Waals surface area (Å²) in [6.07, 6.45) is 0. The van der Waals surface area contributed by atoms with Crippen molar-refractivity contribution >= 4 is 25.1 Å². The van der Waals surface area contributed by atoms with E-state index < -0.39 is 18.3 Å². The molecular weight excluding hydrogens is 234 g/mol. The molecule has 0 saturated heterocycles. The van der Waals surface area contributed by atoms with Gasteiger partial charge in [0.1, 0.15) is 6.79 Å². The van der Waals surface area contributed by atoms with E-state index in [1.807, 2.05) is 6.79 Å². The van der Waals surface area contributed by atoms with Crippen molar-refractivity contribution in [2.45, 2.75) is 0 Å². The van der Waals surface area contributed by atoms with E-state index >= 15 is 0 Å². The van der Waals surface area contributed by atoms with Crippen LogP contribution in [-0.4, -0.2) is 32.7 Å². The molecule has 0 rings (SSSR count). The van der Waals surface area contributed by atoms with E-state index in [-0.39, 0.29) is 59.1 Å². The zero-order chi connectivity index (χ0) is 9.00. The topological polar surface area (TPSA) is 131 Å². The van der Waals surface area contributed by atoms with Crippen LogP contribution in [0.2, 0.25) is 0 Å². The molecule has 0 amide bonds. The number of hydrogen-bond acceptors (Lipinski definition) is 7. The molecule has 0 heterocycles. The molecule has 0 saturated carbocycles. The van der Waals surface area contributed by atoms with Gasteiger partial charge < -0.3 is 13.9 Å².